The molecule has 0 radical (unpaired) electrons. The SMILES string of the molecule is COc1cc2c(c(OC)c1OC)-c1ccc(NCCCCCC(=O)Nc3ccc4nc(CC(C)C)[nH]c4c3)c(=O)cc1C(NC(C)=O)CC2. The van der Waals surface area contributed by atoms with E-state index < -0.39 is 0 Å². The topological polar surface area (TPSA) is 144 Å². The average molecular weight is 670 g/mol. The highest BCUT2D eigenvalue weighted by Crippen LogP contribution is 2.50. The summed E-state index contributed by atoms with van der Waals surface area (Å²) in [6.07, 6.45) is 4.82. The van der Waals surface area contributed by atoms with Crippen molar-refractivity contribution in [1.29, 1.82) is 0 Å². The summed E-state index contributed by atoms with van der Waals surface area (Å²) in [6.45, 7) is 6.36. The van der Waals surface area contributed by atoms with Crippen LogP contribution in [0.25, 0.3) is 22.2 Å². The van der Waals surface area contributed by atoms with Crippen LogP contribution in [0.1, 0.15) is 75.9 Å². The lowest BCUT2D eigenvalue weighted by Gasteiger charge is -2.19. The summed E-state index contributed by atoms with van der Waals surface area (Å²) in [5.41, 5.74) is 6.11. The Kier molecular flexibility index (Phi) is 11.4. The van der Waals surface area contributed by atoms with Crippen molar-refractivity contribution in [2.75, 3.05) is 38.5 Å². The first-order valence-electron chi connectivity index (χ1n) is 16.9. The molecule has 0 aliphatic heterocycles. The molecule has 4 aromatic rings. The highest BCUT2D eigenvalue weighted by Gasteiger charge is 2.29. The molecule has 0 saturated carbocycles. The van der Waals surface area contributed by atoms with Crippen LogP contribution in [-0.4, -0.2) is 49.7 Å². The lowest BCUT2D eigenvalue weighted by molar-refractivity contribution is -0.119. The van der Waals surface area contributed by atoms with E-state index in [9.17, 15) is 14.4 Å². The number of ether oxygens (including phenoxy) is 3. The third kappa shape index (κ3) is 8.33. The van der Waals surface area contributed by atoms with E-state index in [0.717, 1.165) is 64.9 Å². The molecule has 3 aromatic carbocycles. The summed E-state index contributed by atoms with van der Waals surface area (Å²) in [7, 11) is 4.72. The van der Waals surface area contributed by atoms with Gasteiger partial charge in [0.15, 0.2) is 11.5 Å². The fraction of sp³-hybridized carbons (Fsp3) is 0.421. The van der Waals surface area contributed by atoms with E-state index in [2.05, 4.69) is 39.8 Å². The molecular weight excluding hydrogens is 622 g/mol. The molecule has 0 saturated heterocycles. The van der Waals surface area contributed by atoms with E-state index in [0.29, 0.717) is 60.2 Å². The summed E-state index contributed by atoms with van der Waals surface area (Å²) < 4.78 is 17.1. The van der Waals surface area contributed by atoms with Gasteiger partial charge in [-0.05, 0) is 84.7 Å². The van der Waals surface area contributed by atoms with Crippen LogP contribution in [-0.2, 0) is 22.4 Å². The zero-order valence-corrected chi connectivity index (χ0v) is 29.2. The lowest BCUT2D eigenvalue weighted by atomic mass is 9.95. The minimum absolute atomic E-state index is 0.0358. The standard InChI is InChI=1S/C38H47N5O6/c1-22(2)18-34-42-29-15-12-25(20-31(29)43-34)41-35(46)10-8-7-9-17-39-30-16-13-26-27(21-32(30)45)28(40-23(3)44)14-11-24-19-33(47-4)37(48-5)38(49-6)36(24)26/h12-13,15-16,19-22,28H,7-11,14,17-18H2,1-6H3,(H,39,45)(H,40,44)(H,41,46)(H,42,43). The van der Waals surface area contributed by atoms with E-state index in [4.69, 9.17) is 14.2 Å². The van der Waals surface area contributed by atoms with Crippen LogP contribution in [0, 0.1) is 5.92 Å². The summed E-state index contributed by atoms with van der Waals surface area (Å²) in [4.78, 5) is 46.3. The molecule has 260 valence electrons. The summed E-state index contributed by atoms with van der Waals surface area (Å²) in [5, 5.41) is 9.32. The minimum atomic E-state index is -0.371. The molecule has 49 heavy (non-hydrogen) atoms. The van der Waals surface area contributed by atoms with Gasteiger partial charge >= 0.3 is 0 Å². The molecule has 0 fully saturated rings. The monoisotopic (exact) mass is 669 g/mol. The van der Waals surface area contributed by atoms with Crippen LogP contribution in [0.15, 0.2) is 47.3 Å². The van der Waals surface area contributed by atoms with E-state index in [1.165, 1.54) is 6.92 Å². The normalized spacial score (nSPS) is 13.7. The van der Waals surface area contributed by atoms with E-state index in [1.807, 2.05) is 30.3 Å². The molecule has 0 bridgehead atoms. The Morgan fingerprint density at radius 3 is 2.49 bits per heavy atom. The molecule has 1 aliphatic carbocycles. The smallest absolute Gasteiger partial charge is 0.224 e. The van der Waals surface area contributed by atoms with Crippen molar-refractivity contribution in [2.24, 2.45) is 5.92 Å². The fourth-order valence-electron chi connectivity index (χ4n) is 6.51. The van der Waals surface area contributed by atoms with Gasteiger partial charge in [0.05, 0.1) is 44.1 Å². The number of hydrogen-bond donors (Lipinski definition) is 4. The number of nitrogens with zero attached hydrogens (tertiary/aromatic N) is 1. The maximum Gasteiger partial charge on any atom is 0.224 e. The van der Waals surface area contributed by atoms with Gasteiger partial charge in [0.25, 0.3) is 0 Å². The number of H-pyrrole nitrogens is 1. The number of aromatic amines is 1. The Morgan fingerprint density at radius 2 is 1.78 bits per heavy atom. The maximum absolute atomic E-state index is 13.5. The summed E-state index contributed by atoms with van der Waals surface area (Å²) >= 11 is 0. The number of imidazole rings is 1. The third-order valence-electron chi connectivity index (χ3n) is 8.73. The van der Waals surface area contributed by atoms with Crippen molar-refractivity contribution in [3.63, 3.8) is 0 Å². The Hall–Kier alpha value is -5.06. The van der Waals surface area contributed by atoms with Crippen LogP contribution < -0.4 is 35.6 Å². The number of hydrogen-bond acceptors (Lipinski definition) is 8. The third-order valence-corrected chi connectivity index (χ3v) is 8.73. The van der Waals surface area contributed by atoms with Gasteiger partial charge in [-0.3, -0.25) is 14.4 Å². The Labute approximate surface area is 287 Å². The number of unbranched alkanes of at least 4 members (excludes halogenated alkanes) is 2. The number of amides is 2. The van der Waals surface area contributed by atoms with Gasteiger partial charge in [-0.15, -0.1) is 0 Å². The van der Waals surface area contributed by atoms with Gasteiger partial charge in [0.2, 0.25) is 23.0 Å². The Morgan fingerprint density at radius 1 is 0.980 bits per heavy atom. The quantitative estimate of drug-likeness (QED) is 0.111. The van der Waals surface area contributed by atoms with Crippen molar-refractivity contribution in [1.82, 2.24) is 15.3 Å². The second-order valence-corrected chi connectivity index (χ2v) is 12.9. The molecule has 4 N–H and O–H groups in total. The first kappa shape index (κ1) is 35.3. The fourth-order valence-corrected chi connectivity index (χ4v) is 6.51. The van der Waals surface area contributed by atoms with Crippen molar-refractivity contribution < 1.29 is 23.8 Å². The summed E-state index contributed by atoms with van der Waals surface area (Å²) in [6, 6.07) is 12.6. The molecule has 1 unspecified atom stereocenters. The predicted molar refractivity (Wildman–Crippen MR) is 193 cm³/mol. The van der Waals surface area contributed by atoms with Crippen LogP contribution in [0.3, 0.4) is 0 Å². The zero-order chi connectivity index (χ0) is 35.1. The Bertz CT molecular complexity index is 1890. The van der Waals surface area contributed by atoms with Crippen molar-refractivity contribution in [3.05, 3.63) is 69.6 Å². The van der Waals surface area contributed by atoms with Gasteiger partial charge < -0.3 is 35.1 Å². The van der Waals surface area contributed by atoms with Crippen LogP contribution >= 0.6 is 0 Å². The molecule has 1 atom stereocenters. The number of methoxy groups -OCH3 is 3. The molecule has 11 heteroatoms. The van der Waals surface area contributed by atoms with Crippen molar-refractivity contribution in [2.45, 2.75) is 71.8 Å². The molecule has 1 aromatic heterocycles. The number of anilines is 2. The molecule has 2 amide bonds. The average Bonchev–Trinajstić information content (AvgIpc) is 3.31. The predicted octanol–water partition coefficient (Wildman–Crippen LogP) is 6.55. The first-order valence-corrected chi connectivity index (χ1v) is 16.9. The number of rotatable bonds is 14. The van der Waals surface area contributed by atoms with E-state index >= 15 is 0 Å². The molecule has 5 rings (SSSR count). The summed E-state index contributed by atoms with van der Waals surface area (Å²) in [5.74, 6) is 2.76. The second-order valence-electron chi connectivity index (χ2n) is 12.9. The number of fused-ring (bicyclic) bond motifs is 4. The number of carbonyl (C=O) groups is 2. The van der Waals surface area contributed by atoms with E-state index in [1.54, 1.807) is 33.5 Å². The maximum atomic E-state index is 13.5. The first-order chi connectivity index (χ1) is 23.6. The largest absolute Gasteiger partial charge is 0.493 e. The second kappa shape index (κ2) is 15.9. The highest BCUT2D eigenvalue weighted by molar-refractivity contribution is 5.93. The molecule has 0 spiro atoms. The van der Waals surface area contributed by atoms with Crippen LogP contribution in [0.5, 0.6) is 17.2 Å². The lowest BCUT2D eigenvalue weighted by Crippen LogP contribution is -2.26. The van der Waals surface area contributed by atoms with Gasteiger partial charge in [0.1, 0.15) is 5.82 Å². The van der Waals surface area contributed by atoms with Gasteiger partial charge in [0, 0.05) is 37.6 Å². The van der Waals surface area contributed by atoms with Crippen LogP contribution in [0.2, 0.25) is 0 Å². The number of carbonyl (C=O) groups excluding carboxylic acids is 2. The molecule has 1 heterocycles. The van der Waals surface area contributed by atoms with Crippen molar-refractivity contribution in [3.8, 4) is 28.4 Å². The van der Waals surface area contributed by atoms with Gasteiger partial charge in [-0.2, -0.15) is 0 Å². The molecular formula is C38H47N5O6. The zero-order valence-electron chi connectivity index (χ0n) is 29.2. The number of aryl methyl sites for hydroxylation is 1. The molecule has 11 nitrogen and oxygen atoms in total. The van der Waals surface area contributed by atoms with Crippen molar-refractivity contribution >= 4 is 34.2 Å². The molecule has 1 aliphatic rings. The highest BCUT2D eigenvalue weighted by atomic mass is 16.5. The number of benzene rings is 2. The number of aromatic nitrogens is 2. The number of nitrogens with one attached hydrogen (secondary N) is 4. The minimum Gasteiger partial charge on any atom is -0.493 e. The van der Waals surface area contributed by atoms with Gasteiger partial charge in [-0.25, -0.2) is 4.98 Å². The van der Waals surface area contributed by atoms with E-state index in [-0.39, 0.29) is 23.3 Å². The van der Waals surface area contributed by atoms with Crippen LogP contribution in [0.4, 0.5) is 11.4 Å². The van der Waals surface area contributed by atoms with Gasteiger partial charge in [-0.1, -0.05) is 26.3 Å². The Balaban J connectivity index is 1.23.